The fourth-order valence-corrected chi connectivity index (χ4v) is 3.51. The summed E-state index contributed by atoms with van der Waals surface area (Å²) in [5.74, 6) is 0.678. The molecule has 2 aromatic rings. The molecule has 0 fully saturated rings. The first kappa shape index (κ1) is 14.0. The SMILES string of the molecule is COc1ccc(S(=O)(=O)NCc2cccs2)cc1C. The molecule has 0 atom stereocenters. The normalized spacial score (nSPS) is 11.5. The van der Waals surface area contributed by atoms with Gasteiger partial charge in [0.05, 0.1) is 12.0 Å². The lowest BCUT2D eigenvalue weighted by molar-refractivity contribution is 0.411. The second-order valence-electron chi connectivity index (χ2n) is 4.04. The molecule has 0 bridgehead atoms. The summed E-state index contributed by atoms with van der Waals surface area (Å²) >= 11 is 1.52. The number of sulfonamides is 1. The van der Waals surface area contributed by atoms with Gasteiger partial charge in [0.15, 0.2) is 0 Å². The van der Waals surface area contributed by atoms with Crippen molar-refractivity contribution in [3.05, 3.63) is 46.2 Å². The fraction of sp³-hybridized carbons (Fsp3) is 0.231. The van der Waals surface area contributed by atoms with E-state index in [1.54, 1.807) is 25.3 Å². The van der Waals surface area contributed by atoms with Gasteiger partial charge in [-0.25, -0.2) is 13.1 Å². The summed E-state index contributed by atoms with van der Waals surface area (Å²) < 4.78 is 32.0. The molecule has 0 aliphatic carbocycles. The molecule has 0 saturated heterocycles. The zero-order valence-corrected chi connectivity index (χ0v) is 12.3. The number of aryl methyl sites for hydroxylation is 1. The van der Waals surface area contributed by atoms with E-state index in [4.69, 9.17) is 4.74 Å². The van der Waals surface area contributed by atoms with Crippen LogP contribution < -0.4 is 9.46 Å². The minimum absolute atomic E-state index is 0.252. The van der Waals surface area contributed by atoms with Crippen LogP contribution in [0.2, 0.25) is 0 Å². The molecule has 1 aromatic heterocycles. The average Bonchev–Trinajstić information content (AvgIpc) is 2.89. The number of thiophene rings is 1. The van der Waals surface area contributed by atoms with E-state index in [0.717, 1.165) is 10.4 Å². The first-order chi connectivity index (χ1) is 9.03. The molecule has 0 aliphatic heterocycles. The third-order valence-electron chi connectivity index (χ3n) is 2.69. The Balaban J connectivity index is 2.17. The van der Waals surface area contributed by atoms with Crippen LogP contribution in [0.25, 0.3) is 0 Å². The van der Waals surface area contributed by atoms with E-state index in [-0.39, 0.29) is 4.90 Å². The van der Waals surface area contributed by atoms with E-state index in [2.05, 4.69) is 4.72 Å². The molecule has 1 heterocycles. The largest absolute Gasteiger partial charge is 0.496 e. The molecule has 0 saturated carbocycles. The minimum Gasteiger partial charge on any atom is -0.496 e. The van der Waals surface area contributed by atoms with Crippen LogP contribution in [0.5, 0.6) is 5.75 Å². The molecule has 102 valence electrons. The Morgan fingerprint density at radius 3 is 2.68 bits per heavy atom. The van der Waals surface area contributed by atoms with E-state index >= 15 is 0 Å². The van der Waals surface area contributed by atoms with Crippen molar-refractivity contribution < 1.29 is 13.2 Å². The van der Waals surface area contributed by atoms with E-state index in [1.807, 2.05) is 24.4 Å². The molecule has 4 nitrogen and oxygen atoms in total. The molecule has 0 amide bonds. The van der Waals surface area contributed by atoms with E-state index in [1.165, 1.54) is 11.3 Å². The Hall–Kier alpha value is -1.37. The van der Waals surface area contributed by atoms with Gasteiger partial charge in [0.2, 0.25) is 10.0 Å². The zero-order chi connectivity index (χ0) is 13.9. The highest BCUT2D eigenvalue weighted by Gasteiger charge is 2.15. The molecule has 19 heavy (non-hydrogen) atoms. The van der Waals surface area contributed by atoms with Gasteiger partial charge in [0.25, 0.3) is 0 Å². The molecule has 1 N–H and O–H groups in total. The van der Waals surface area contributed by atoms with Crippen molar-refractivity contribution in [2.24, 2.45) is 0 Å². The van der Waals surface area contributed by atoms with Crippen molar-refractivity contribution in [1.29, 1.82) is 0 Å². The maximum atomic E-state index is 12.1. The molecule has 0 radical (unpaired) electrons. The summed E-state index contributed by atoms with van der Waals surface area (Å²) in [5.41, 5.74) is 0.793. The highest BCUT2D eigenvalue weighted by atomic mass is 32.2. The van der Waals surface area contributed by atoms with Gasteiger partial charge in [-0.2, -0.15) is 0 Å². The first-order valence-electron chi connectivity index (χ1n) is 5.69. The maximum Gasteiger partial charge on any atom is 0.240 e. The molecule has 0 aliphatic rings. The monoisotopic (exact) mass is 297 g/mol. The molecular formula is C13H15NO3S2. The van der Waals surface area contributed by atoms with Crippen LogP contribution in [-0.4, -0.2) is 15.5 Å². The Labute approximate surface area is 117 Å². The Kier molecular flexibility index (Phi) is 4.24. The van der Waals surface area contributed by atoms with Gasteiger partial charge >= 0.3 is 0 Å². The maximum absolute atomic E-state index is 12.1. The standard InChI is InChI=1S/C13H15NO3S2/c1-10-8-12(5-6-13(10)17-2)19(15,16)14-9-11-4-3-7-18-11/h3-8,14H,9H2,1-2H3. The third-order valence-corrected chi connectivity index (χ3v) is 4.97. The number of hydrogen-bond donors (Lipinski definition) is 1. The van der Waals surface area contributed by atoms with Crippen LogP contribution in [0, 0.1) is 6.92 Å². The second-order valence-corrected chi connectivity index (χ2v) is 6.83. The van der Waals surface area contributed by atoms with Gasteiger partial charge in [0, 0.05) is 11.4 Å². The Bertz CT molecular complexity index is 649. The van der Waals surface area contributed by atoms with Crippen molar-refractivity contribution in [1.82, 2.24) is 4.72 Å². The summed E-state index contributed by atoms with van der Waals surface area (Å²) in [7, 11) is -1.92. The predicted molar refractivity (Wildman–Crippen MR) is 76.1 cm³/mol. The van der Waals surface area contributed by atoms with Crippen LogP contribution in [0.1, 0.15) is 10.4 Å². The van der Waals surface area contributed by atoms with Gasteiger partial charge < -0.3 is 4.74 Å². The lowest BCUT2D eigenvalue weighted by Crippen LogP contribution is -2.22. The lowest BCUT2D eigenvalue weighted by atomic mass is 10.2. The van der Waals surface area contributed by atoms with E-state index in [0.29, 0.717) is 12.3 Å². The number of ether oxygens (including phenoxy) is 1. The van der Waals surface area contributed by atoms with Gasteiger partial charge in [0.1, 0.15) is 5.75 Å². The van der Waals surface area contributed by atoms with Crippen molar-refractivity contribution in [2.45, 2.75) is 18.4 Å². The van der Waals surface area contributed by atoms with Crippen LogP contribution in [0.3, 0.4) is 0 Å². The molecular weight excluding hydrogens is 282 g/mol. The van der Waals surface area contributed by atoms with Gasteiger partial charge in [-0.1, -0.05) is 6.07 Å². The van der Waals surface area contributed by atoms with Crippen LogP contribution in [-0.2, 0) is 16.6 Å². The minimum atomic E-state index is -3.48. The lowest BCUT2D eigenvalue weighted by Gasteiger charge is -2.09. The van der Waals surface area contributed by atoms with Crippen molar-refractivity contribution in [3.63, 3.8) is 0 Å². The number of benzene rings is 1. The topological polar surface area (TPSA) is 55.4 Å². The predicted octanol–water partition coefficient (Wildman–Crippen LogP) is 2.54. The van der Waals surface area contributed by atoms with Gasteiger partial charge in [-0.05, 0) is 42.1 Å². The quantitative estimate of drug-likeness (QED) is 0.922. The van der Waals surface area contributed by atoms with Gasteiger partial charge in [-0.3, -0.25) is 0 Å². The van der Waals surface area contributed by atoms with Crippen LogP contribution >= 0.6 is 11.3 Å². The molecule has 0 unspecified atom stereocenters. The van der Waals surface area contributed by atoms with Crippen molar-refractivity contribution in [3.8, 4) is 5.75 Å². The van der Waals surface area contributed by atoms with Gasteiger partial charge in [-0.15, -0.1) is 11.3 Å². The fourth-order valence-electron chi connectivity index (χ4n) is 1.68. The summed E-state index contributed by atoms with van der Waals surface area (Å²) in [4.78, 5) is 1.23. The first-order valence-corrected chi connectivity index (χ1v) is 8.06. The number of hydrogen-bond acceptors (Lipinski definition) is 4. The van der Waals surface area contributed by atoms with E-state index < -0.39 is 10.0 Å². The summed E-state index contributed by atoms with van der Waals surface area (Å²) in [6, 6.07) is 8.60. The third kappa shape index (κ3) is 3.34. The number of rotatable bonds is 5. The van der Waals surface area contributed by atoms with E-state index in [9.17, 15) is 8.42 Å². The van der Waals surface area contributed by atoms with Crippen molar-refractivity contribution in [2.75, 3.05) is 7.11 Å². The highest BCUT2D eigenvalue weighted by molar-refractivity contribution is 7.89. The Morgan fingerprint density at radius 2 is 2.11 bits per heavy atom. The van der Waals surface area contributed by atoms with Crippen LogP contribution in [0.15, 0.2) is 40.6 Å². The summed E-state index contributed by atoms with van der Waals surface area (Å²) in [6.07, 6.45) is 0. The smallest absolute Gasteiger partial charge is 0.240 e. The Morgan fingerprint density at radius 1 is 1.32 bits per heavy atom. The summed E-state index contributed by atoms with van der Waals surface area (Å²) in [6.45, 7) is 2.13. The molecule has 1 aromatic carbocycles. The highest BCUT2D eigenvalue weighted by Crippen LogP contribution is 2.21. The second kappa shape index (κ2) is 5.73. The molecule has 6 heteroatoms. The summed E-state index contributed by atoms with van der Waals surface area (Å²) in [5, 5.41) is 1.92. The van der Waals surface area contributed by atoms with Crippen molar-refractivity contribution >= 4 is 21.4 Å². The zero-order valence-electron chi connectivity index (χ0n) is 10.7. The van der Waals surface area contributed by atoms with Crippen LogP contribution in [0.4, 0.5) is 0 Å². The number of nitrogens with one attached hydrogen (secondary N) is 1. The molecule has 2 rings (SSSR count). The molecule has 0 spiro atoms. The number of methoxy groups -OCH3 is 1. The average molecular weight is 297 g/mol.